The molecular formula is C12H10BrClN2O2S. The summed E-state index contributed by atoms with van der Waals surface area (Å²) in [6, 6.07) is 4.86. The lowest BCUT2D eigenvalue weighted by Crippen LogP contribution is -2.17. The molecular weight excluding hydrogens is 352 g/mol. The Bertz CT molecular complexity index is 618. The third-order valence-corrected chi connectivity index (χ3v) is 4.31. The smallest absolute Gasteiger partial charge is 0.335 e. The van der Waals surface area contributed by atoms with Crippen LogP contribution in [0.4, 0.5) is 5.82 Å². The summed E-state index contributed by atoms with van der Waals surface area (Å²) in [5.41, 5.74) is 0.134. The van der Waals surface area contributed by atoms with Crippen molar-refractivity contribution in [1.82, 2.24) is 4.98 Å². The Labute approximate surface area is 127 Å². The number of pyridine rings is 1. The zero-order valence-electron chi connectivity index (χ0n) is 9.93. The van der Waals surface area contributed by atoms with Crippen molar-refractivity contribution in [3.05, 3.63) is 43.6 Å². The highest BCUT2D eigenvalue weighted by molar-refractivity contribution is 9.10. The van der Waals surface area contributed by atoms with Crippen LogP contribution in [0, 0.1) is 0 Å². The van der Waals surface area contributed by atoms with Gasteiger partial charge in [0.05, 0.1) is 12.1 Å². The van der Waals surface area contributed by atoms with Gasteiger partial charge in [-0.2, -0.15) is 0 Å². The van der Waals surface area contributed by atoms with Crippen LogP contribution in [-0.2, 0) is 6.54 Å². The normalized spacial score (nSPS) is 10.5. The van der Waals surface area contributed by atoms with E-state index in [0.29, 0.717) is 12.4 Å². The second-order valence-corrected chi connectivity index (χ2v) is 6.23. The van der Waals surface area contributed by atoms with E-state index >= 15 is 0 Å². The minimum Gasteiger partial charge on any atom is -0.478 e. The zero-order chi connectivity index (χ0) is 14.0. The predicted octanol–water partition coefficient (Wildman–Crippen LogP) is 3.89. The number of aromatic carboxylic acids is 1. The largest absolute Gasteiger partial charge is 0.478 e. The number of thiophene rings is 1. The molecule has 0 atom stereocenters. The van der Waals surface area contributed by atoms with E-state index in [0.717, 1.165) is 9.35 Å². The molecule has 19 heavy (non-hydrogen) atoms. The van der Waals surface area contributed by atoms with Crippen LogP contribution in [-0.4, -0.2) is 23.1 Å². The first-order valence-electron chi connectivity index (χ1n) is 5.30. The van der Waals surface area contributed by atoms with Gasteiger partial charge in [-0.25, -0.2) is 9.78 Å². The average molecular weight is 362 g/mol. The number of aromatic nitrogens is 1. The number of carboxylic acids is 1. The Morgan fingerprint density at radius 1 is 1.53 bits per heavy atom. The lowest BCUT2D eigenvalue weighted by molar-refractivity contribution is 0.0697. The third-order valence-electron chi connectivity index (χ3n) is 2.43. The molecule has 0 aliphatic carbocycles. The minimum atomic E-state index is -1.02. The molecule has 0 radical (unpaired) electrons. The highest BCUT2D eigenvalue weighted by atomic mass is 79.9. The number of hydrogen-bond acceptors (Lipinski definition) is 4. The molecule has 0 amide bonds. The zero-order valence-corrected chi connectivity index (χ0v) is 13.1. The molecule has 2 rings (SSSR count). The summed E-state index contributed by atoms with van der Waals surface area (Å²) in [5, 5.41) is 11.2. The Hall–Kier alpha value is -1.11. The van der Waals surface area contributed by atoms with Gasteiger partial charge in [0.2, 0.25) is 0 Å². The fraction of sp³-hybridized carbons (Fsp3) is 0.167. The fourth-order valence-electron chi connectivity index (χ4n) is 1.55. The van der Waals surface area contributed by atoms with Crippen LogP contribution in [0.2, 0.25) is 5.15 Å². The van der Waals surface area contributed by atoms with Gasteiger partial charge in [0.25, 0.3) is 0 Å². The molecule has 2 aromatic rings. The first kappa shape index (κ1) is 14.3. The molecule has 0 bridgehead atoms. The predicted molar refractivity (Wildman–Crippen MR) is 80.3 cm³/mol. The van der Waals surface area contributed by atoms with Gasteiger partial charge in [-0.05, 0) is 34.1 Å². The van der Waals surface area contributed by atoms with Crippen molar-refractivity contribution in [3.8, 4) is 0 Å². The van der Waals surface area contributed by atoms with E-state index in [1.54, 1.807) is 11.3 Å². The van der Waals surface area contributed by atoms with E-state index in [1.165, 1.54) is 12.1 Å². The van der Waals surface area contributed by atoms with Crippen molar-refractivity contribution in [3.63, 3.8) is 0 Å². The molecule has 4 nitrogen and oxygen atoms in total. The van der Waals surface area contributed by atoms with Crippen LogP contribution in [0.15, 0.2) is 28.1 Å². The number of hydrogen-bond donors (Lipinski definition) is 1. The number of rotatable bonds is 4. The van der Waals surface area contributed by atoms with Crippen molar-refractivity contribution in [2.45, 2.75) is 6.54 Å². The van der Waals surface area contributed by atoms with E-state index < -0.39 is 5.97 Å². The molecule has 100 valence electrons. The first-order valence-corrected chi connectivity index (χ1v) is 7.35. The molecule has 0 saturated carbocycles. The van der Waals surface area contributed by atoms with Gasteiger partial charge in [0.15, 0.2) is 0 Å². The number of anilines is 1. The van der Waals surface area contributed by atoms with Crippen LogP contribution in [0.25, 0.3) is 0 Å². The van der Waals surface area contributed by atoms with Crippen LogP contribution in [0.3, 0.4) is 0 Å². The molecule has 2 heterocycles. The van der Waals surface area contributed by atoms with Gasteiger partial charge in [0, 0.05) is 21.8 Å². The SMILES string of the molecule is CN(Cc1cc(Br)cs1)c1cc(C(=O)O)cc(Cl)n1. The van der Waals surface area contributed by atoms with Gasteiger partial charge in [-0.1, -0.05) is 11.6 Å². The second kappa shape index (κ2) is 5.90. The lowest BCUT2D eigenvalue weighted by Gasteiger charge is -2.17. The first-order chi connectivity index (χ1) is 8.95. The summed E-state index contributed by atoms with van der Waals surface area (Å²) in [7, 11) is 1.85. The number of halogens is 2. The van der Waals surface area contributed by atoms with Crippen LogP contribution in [0.1, 0.15) is 15.2 Å². The second-order valence-electron chi connectivity index (χ2n) is 3.93. The molecule has 0 aromatic carbocycles. The van der Waals surface area contributed by atoms with E-state index in [1.807, 2.05) is 23.4 Å². The highest BCUT2D eigenvalue weighted by Gasteiger charge is 2.11. The third kappa shape index (κ3) is 3.68. The number of carboxylic acid groups (broad SMARTS) is 1. The lowest BCUT2D eigenvalue weighted by atomic mass is 10.2. The molecule has 0 unspecified atom stereocenters. The summed E-state index contributed by atoms with van der Waals surface area (Å²) in [6.07, 6.45) is 0. The van der Waals surface area contributed by atoms with Gasteiger partial charge in [-0.15, -0.1) is 11.3 Å². The molecule has 0 fully saturated rings. The Morgan fingerprint density at radius 3 is 2.84 bits per heavy atom. The van der Waals surface area contributed by atoms with Gasteiger partial charge >= 0.3 is 5.97 Å². The topological polar surface area (TPSA) is 53.4 Å². The molecule has 0 saturated heterocycles. The Balaban J connectivity index is 2.23. The van der Waals surface area contributed by atoms with Crippen molar-refractivity contribution >= 4 is 50.7 Å². The molecule has 0 aliphatic heterocycles. The quantitative estimate of drug-likeness (QED) is 0.839. The average Bonchev–Trinajstić information content (AvgIpc) is 2.73. The summed E-state index contributed by atoms with van der Waals surface area (Å²) >= 11 is 10.9. The molecule has 2 aromatic heterocycles. The van der Waals surface area contributed by atoms with E-state index in [4.69, 9.17) is 16.7 Å². The van der Waals surface area contributed by atoms with Crippen molar-refractivity contribution in [2.75, 3.05) is 11.9 Å². The molecule has 0 spiro atoms. The summed E-state index contributed by atoms with van der Waals surface area (Å²) < 4.78 is 1.03. The van der Waals surface area contributed by atoms with Crippen molar-refractivity contribution < 1.29 is 9.90 Å². The minimum absolute atomic E-state index is 0.134. The van der Waals surface area contributed by atoms with E-state index in [2.05, 4.69) is 20.9 Å². The highest BCUT2D eigenvalue weighted by Crippen LogP contribution is 2.24. The maximum absolute atomic E-state index is 11.0. The summed E-state index contributed by atoms with van der Waals surface area (Å²) in [4.78, 5) is 18.1. The maximum Gasteiger partial charge on any atom is 0.335 e. The van der Waals surface area contributed by atoms with Crippen LogP contribution in [0.5, 0.6) is 0 Å². The summed E-state index contributed by atoms with van der Waals surface area (Å²) in [5.74, 6) is -0.479. The Kier molecular flexibility index (Phi) is 4.44. The van der Waals surface area contributed by atoms with Gasteiger partial charge in [0.1, 0.15) is 11.0 Å². The molecule has 7 heteroatoms. The standard InChI is InChI=1S/C12H10BrClN2O2S/c1-16(5-9-4-8(13)6-19-9)11-3-7(12(17)18)2-10(14)15-11/h2-4,6H,5H2,1H3,(H,17,18). The number of carbonyl (C=O) groups is 1. The Morgan fingerprint density at radius 2 is 2.26 bits per heavy atom. The van der Waals surface area contributed by atoms with Gasteiger partial charge < -0.3 is 10.0 Å². The monoisotopic (exact) mass is 360 g/mol. The van der Waals surface area contributed by atoms with Crippen LogP contribution >= 0.6 is 38.9 Å². The van der Waals surface area contributed by atoms with Crippen LogP contribution < -0.4 is 4.90 Å². The van der Waals surface area contributed by atoms with E-state index in [-0.39, 0.29) is 10.7 Å². The maximum atomic E-state index is 11.0. The fourth-order valence-corrected chi connectivity index (χ4v) is 3.26. The van der Waals surface area contributed by atoms with Crippen molar-refractivity contribution in [1.29, 1.82) is 0 Å². The molecule has 0 aliphatic rings. The van der Waals surface area contributed by atoms with Gasteiger partial charge in [-0.3, -0.25) is 0 Å². The van der Waals surface area contributed by atoms with Crippen molar-refractivity contribution in [2.24, 2.45) is 0 Å². The van der Waals surface area contributed by atoms with E-state index in [9.17, 15) is 4.79 Å². The molecule has 1 N–H and O–H groups in total. The number of nitrogens with zero attached hydrogens (tertiary/aromatic N) is 2. The summed E-state index contributed by atoms with van der Waals surface area (Å²) in [6.45, 7) is 0.642.